The largest absolute Gasteiger partial charge is 0.382 e. The van der Waals surface area contributed by atoms with E-state index in [1.165, 1.54) is 6.07 Å². The Balaban J connectivity index is 1.75. The monoisotopic (exact) mass is 343 g/mol. The van der Waals surface area contributed by atoms with Gasteiger partial charge in [-0.3, -0.25) is 4.90 Å². The zero-order valence-corrected chi connectivity index (χ0v) is 14.5. The van der Waals surface area contributed by atoms with Gasteiger partial charge in [-0.2, -0.15) is 5.26 Å². The maximum absolute atomic E-state index is 13.5. The van der Waals surface area contributed by atoms with Gasteiger partial charge < -0.3 is 5.11 Å². The van der Waals surface area contributed by atoms with Crippen LogP contribution >= 0.6 is 0 Å². The molecule has 1 saturated heterocycles. The summed E-state index contributed by atoms with van der Waals surface area (Å²) < 4.78 is 15.2. The van der Waals surface area contributed by atoms with Gasteiger partial charge in [0.05, 0.1) is 11.8 Å². The van der Waals surface area contributed by atoms with Crippen molar-refractivity contribution in [3.05, 3.63) is 47.0 Å². The van der Waals surface area contributed by atoms with Crippen LogP contribution in [0.5, 0.6) is 0 Å². The molecular formula is C18H22FN5O. The van der Waals surface area contributed by atoms with Crippen molar-refractivity contribution in [1.82, 2.24) is 19.9 Å². The van der Waals surface area contributed by atoms with Gasteiger partial charge in [0.2, 0.25) is 0 Å². The minimum Gasteiger partial charge on any atom is -0.382 e. The first-order valence-corrected chi connectivity index (χ1v) is 8.47. The molecule has 1 aromatic carbocycles. The highest BCUT2D eigenvalue weighted by atomic mass is 19.1. The first-order valence-electron chi connectivity index (χ1n) is 8.47. The second-order valence-corrected chi connectivity index (χ2v) is 6.95. The average Bonchev–Trinajstić information content (AvgIpc) is 3.08. The number of benzene rings is 1. The molecule has 2 aromatic rings. The third-order valence-electron chi connectivity index (χ3n) is 4.62. The van der Waals surface area contributed by atoms with E-state index >= 15 is 0 Å². The van der Waals surface area contributed by atoms with Gasteiger partial charge in [-0.25, -0.2) is 9.07 Å². The second kappa shape index (κ2) is 6.90. The van der Waals surface area contributed by atoms with Gasteiger partial charge in [0.25, 0.3) is 0 Å². The van der Waals surface area contributed by atoms with Crippen LogP contribution in [0.2, 0.25) is 0 Å². The first-order chi connectivity index (χ1) is 11.9. The molecule has 1 aliphatic rings. The summed E-state index contributed by atoms with van der Waals surface area (Å²) >= 11 is 0. The van der Waals surface area contributed by atoms with E-state index in [0.717, 1.165) is 18.5 Å². The maximum Gasteiger partial charge on any atom is 0.140 e. The van der Waals surface area contributed by atoms with Crippen molar-refractivity contribution in [2.24, 2.45) is 0 Å². The molecule has 2 heterocycles. The van der Waals surface area contributed by atoms with Crippen molar-refractivity contribution < 1.29 is 9.50 Å². The Kier molecular flexibility index (Phi) is 4.84. The predicted octanol–water partition coefficient (Wildman–Crippen LogP) is 2.35. The Labute approximate surface area is 146 Å². The van der Waals surface area contributed by atoms with E-state index in [4.69, 9.17) is 5.26 Å². The van der Waals surface area contributed by atoms with Gasteiger partial charge in [0, 0.05) is 19.1 Å². The number of β-amino-alcohol motifs (C(OH)–C–C–N with tert-alkyl or cyclic N) is 1. The molecule has 0 aliphatic carbocycles. The lowest BCUT2D eigenvalue weighted by Gasteiger charge is -2.38. The molecule has 132 valence electrons. The number of rotatable bonds is 4. The highest BCUT2D eigenvalue weighted by Crippen LogP contribution is 2.31. The molecule has 7 heteroatoms. The van der Waals surface area contributed by atoms with Crippen LogP contribution in [0.3, 0.4) is 0 Å². The summed E-state index contributed by atoms with van der Waals surface area (Å²) in [6.07, 6.45) is 3.27. The van der Waals surface area contributed by atoms with Crippen molar-refractivity contribution >= 4 is 0 Å². The van der Waals surface area contributed by atoms with Gasteiger partial charge in [-0.05, 0) is 50.9 Å². The molecule has 0 bridgehead atoms. The van der Waals surface area contributed by atoms with Gasteiger partial charge >= 0.3 is 0 Å². The van der Waals surface area contributed by atoms with E-state index in [2.05, 4.69) is 15.2 Å². The van der Waals surface area contributed by atoms with Crippen LogP contribution in [0, 0.1) is 17.1 Å². The summed E-state index contributed by atoms with van der Waals surface area (Å²) in [7, 11) is 0. The van der Waals surface area contributed by atoms with Gasteiger partial charge in [0.1, 0.15) is 23.2 Å². The predicted molar refractivity (Wildman–Crippen MR) is 89.9 cm³/mol. The number of piperidine rings is 1. The molecule has 0 radical (unpaired) electrons. The lowest BCUT2D eigenvalue weighted by atomic mass is 9.89. The Morgan fingerprint density at radius 1 is 1.44 bits per heavy atom. The standard InChI is InChI=1S/C18H22FN5O/c1-13(2)24-11-17(21-22-24)18(25)6-3-7-23(12-18)10-14-4-5-16(19)15(8-14)9-20/h4-5,8,11,13,25H,3,6-7,10,12H2,1-2H3/t18-/m0/s1. The number of nitrogens with zero attached hydrogens (tertiary/aromatic N) is 5. The molecule has 1 N–H and O–H groups in total. The number of likely N-dealkylation sites (tertiary alicyclic amines) is 1. The number of halogens is 1. The Morgan fingerprint density at radius 2 is 2.24 bits per heavy atom. The minimum atomic E-state index is -1.04. The van der Waals surface area contributed by atoms with Crippen LogP contribution in [0.15, 0.2) is 24.4 Å². The number of hydrogen-bond donors (Lipinski definition) is 1. The second-order valence-electron chi connectivity index (χ2n) is 6.95. The SMILES string of the molecule is CC(C)n1cc([C@]2(O)CCCN(Cc3ccc(F)c(C#N)c3)C2)nn1. The Bertz CT molecular complexity index is 797. The van der Waals surface area contributed by atoms with Crippen LogP contribution in [0.1, 0.15) is 49.6 Å². The van der Waals surface area contributed by atoms with Crippen molar-refractivity contribution in [1.29, 1.82) is 5.26 Å². The highest BCUT2D eigenvalue weighted by Gasteiger charge is 2.37. The molecule has 25 heavy (non-hydrogen) atoms. The summed E-state index contributed by atoms with van der Waals surface area (Å²) in [5, 5.41) is 28.3. The zero-order valence-electron chi connectivity index (χ0n) is 14.5. The van der Waals surface area contributed by atoms with Crippen molar-refractivity contribution in [3.8, 4) is 6.07 Å². The van der Waals surface area contributed by atoms with E-state index in [-0.39, 0.29) is 11.6 Å². The molecule has 3 rings (SSSR count). The molecule has 1 aliphatic heterocycles. The molecule has 1 aromatic heterocycles. The van der Waals surface area contributed by atoms with E-state index in [1.54, 1.807) is 23.0 Å². The van der Waals surface area contributed by atoms with Crippen LogP contribution < -0.4 is 0 Å². The normalized spacial score (nSPS) is 21.4. The van der Waals surface area contributed by atoms with Crippen molar-refractivity contribution in [2.75, 3.05) is 13.1 Å². The molecule has 6 nitrogen and oxygen atoms in total. The zero-order chi connectivity index (χ0) is 18.0. The van der Waals surface area contributed by atoms with E-state index in [9.17, 15) is 9.50 Å². The minimum absolute atomic E-state index is 0.0460. The van der Waals surface area contributed by atoms with E-state index in [0.29, 0.717) is 25.2 Å². The lowest BCUT2D eigenvalue weighted by Crippen LogP contribution is -2.45. The third-order valence-corrected chi connectivity index (χ3v) is 4.62. The number of hydrogen-bond acceptors (Lipinski definition) is 5. The fraction of sp³-hybridized carbons (Fsp3) is 0.500. The molecule has 0 amide bonds. The molecule has 1 fully saturated rings. The molecule has 0 spiro atoms. The van der Waals surface area contributed by atoms with Gasteiger partial charge in [-0.15, -0.1) is 5.10 Å². The topological polar surface area (TPSA) is 78.0 Å². The summed E-state index contributed by atoms with van der Waals surface area (Å²) in [5.74, 6) is -0.508. The first kappa shape index (κ1) is 17.5. The molecule has 1 atom stereocenters. The molecule has 0 saturated carbocycles. The van der Waals surface area contributed by atoms with E-state index in [1.807, 2.05) is 19.9 Å². The Hall–Kier alpha value is -2.30. The van der Waals surface area contributed by atoms with Gasteiger partial charge in [-0.1, -0.05) is 11.3 Å². The molecular weight excluding hydrogens is 321 g/mol. The number of aliphatic hydroxyl groups is 1. The average molecular weight is 343 g/mol. The maximum atomic E-state index is 13.5. The third kappa shape index (κ3) is 3.70. The number of aromatic nitrogens is 3. The summed E-state index contributed by atoms with van der Waals surface area (Å²) in [6, 6.07) is 6.62. The van der Waals surface area contributed by atoms with Crippen LogP contribution in [0.4, 0.5) is 4.39 Å². The van der Waals surface area contributed by atoms with Crippen LogP contribution in [-0.4, -0.2) is 38.1 Å². The quantitative estimate of drug-likeness (QED) is 0.922. The molecule has 0 unspecified atom stereocenters. The Morgan fingerprint density at radius 3 is 2.92 bits per heavy atom. The van der Waals surface area contributed by atoms with Crippen molar-refractivity contribution in [2.45, 2.75) is 44.9 Å². The fourth-order valence-electron chi connectivity index (χ4n) is 3.22. The van der Waals surface area contributed by atoms with Crippen molar-refractivity contribution in [3.63, 3.8) is 0 Å². The van der Waals surface area contributed by atoms with Gasteiger partial charge in [0.15, 0.2) is 0 Å². The smallest absolute Gasteiger partial charge is 0.140 e. The fourth-order valence-corrected chi connectivity index (χ4v) is 3.22. The summed E-state index contributed by atoms with van der Waals surface area (Å²) in [4.78, 5) is 2.10. The summed E-state index contributed by atoms with van der Waals surface area (Å²) in [5.41, 5.74) is 0.448. The number of nitriles is 1. The van der Waals surface area contributed by atoms with Crippen LogP contribution in [0.25, 0.3) is 0 Å². The lowest BCUT2D eigenvalue weighted by molar-refractivity contribution is -0.0414. The van der Waals surface area contributed by atoms with E-state index < -0.39 is 11.4 Å². The summed E-state index contributed by atoms with van der Waals surface area (Å²) in [6.45, 7) is 5.84. The highest BCUT2D eigenvalue weighted by molar-refractivity contribution is 5.34. The van der Waals surface area contributed by atoms with Crippen LogP contribution in [-0.2, 0) is 12.1 Å².